The van der Waals surface area contributed by atoms with Gasteiger partial charge in [0, 0.05) is 57.5 Å². The lowest BCUT2D eigenvalue weighted by Crippen LogP contribution is -2.49. The summed E-state index contributed by atoms with van der Waals surface area (Å²) in [5, 5.41) is 3.04. The van der Waals surface area contributed by atoms with Crippen LogP contribution >= 0.6 is 0 Å². The van der Waals surface area contributed by atoms with Crippen LogP contribution in [0.15, 0.2) is 37.1 Å². The molecule has 7 nitrogen and oxygen atoms in total. The Bertz CT molecular complexity index is 711. The fourth-order valence-corrected chi connectivity index (χ4v) is 3.67. The minimum absolute atomic E-state index is 0.0277. The predicted octanol–water partition coefficient (Wildman–Crippen LogP) is 1.13. The van der Waals surface area contributed by atoms with Gasteiger partial charge in [-0.3, -0.25) is 14.7 Å². The molecule has 25 heavy (non-hydrogen) atoms. The van der Waals surface area contributed by atoms with Crippen molar-refractivity contribution in [3.63, 3.8) is 0 Å². The summed E-state index contributed by atoms with van der Waals surface area (Å²) in [6, 6.07) is 4.07. The Balaban J connectivity index is 1.46. The Labute approximate surface area is 147 Å². The zero-order chi connectivity index (χ0) is 17.1. The smallest absolute Gasteiger partial charge is 0.244 e. The number of carbonyl (C=O) groups is 1. The van der Waals surface area contributed by atoms with Crippen molar-refractivity contribution >= 4 is 5.91 Å². The van der Waals surface area contributed by atoms with Gasteiger partial charge in [-0.05, 0) is 24.5 Å². The zero-order valence-electron chi connectivity index (χ0n) is 14.2. The Morgan fingerprint density at radius 3 is 2.96 bits per heavy atom. The maximum absolute atomic E-state index is 12.8. The zero-order valence-corrected chi connectivity index (χ0v) is 14.2. The Morgan fingerprint density at radius 1 is 1.28 bits per heavy atom. The molecule has 1 atom stereocenters. The molecule has 2 aliphatic rings. The summed E-state index contributed by atoms with van der Waals surface area (Å²) in [6.45, 7) is 3.66. The highest BCUT2D eigenvalue weighted by atomic mass is 16.5. The largest absolute Gasteiger partial charge is 0.381 e. The first kappa shape index (κ1) is 16.2. The standard InChI is InChI=1S/C18H23N5O2/c24-18(21-9-14-2-1-5-19-8-14)17-12-22(15-3-6-25-7-4-15)11-16-10-20-13-23(16)17/h1-2,5,8,10,13,15,17H,3-4,6-7,9,11-12H2,(H,21,24)/t17-/m0/s1. The van der Waals surface area contributed by atoms with Crippen LogP contribution in [0.4, 0.5) is 0 Å². The molecule has 2 aliphatic heterocycles. The molecule has 0 unspecified atom stereocenters. The van der Waals surface area contributed by atoms with Gasteiger partial charge in [0.25, 0.3) is 0 Å². The summed E-state index contributed by atoms with van der Waals surface area (Å²) in [4.78, 5) is 23.6. The lowest BCUT2D eigenvalue weighted by molar-refractivity contribution is -0.126. The number of amides is 1. The van der Waals surface area contributed by atoms with Crippen molar-refractivity contribution in [2.45, 2.75) is 38.0 Å². The van der Waals surface area contributed by atoms with Crippen LogP contribution < -0.4 is 5.32 Å². The van der Waals surface area contributed by atoms with Gasteiger partial charge in [-0.2, -0.15) is 0 Å². The van der Waals surface area contributed by atoms with E-state index in [-0.39, 0.29) is 11.9 Å². The average molecular weight is 341 g/mol. The minimum atomic E-state index is -0.245. The number of nitrogens with zero attached hydrogens (tertiary/aromatic N) is 4. The van der Waals surface area contributed by atoms with Crippen LogP contribution in [-0.2, 0) is 22.6 Å². The Morgan fingerprint density at radius 2 is 2.16 bits per heavy atom. The lowest BCUT2D eigenvalue weighted by atomic mass is 10.0. The molecule has 1 saturated heterocycles. The van der Waals surface area contributed by atoms with Gasteiger partial charge in [0.1, 0.15) is 6.04 Å². The van der Waals surface area contributed by atoms with Crippen molar-refractivity contribution < 1.29 is 9.53 Å². The van der Waals surface area contributed by atoms with E-state index in [9.17, 15) is 4.79 Å². The summed E-state index contributed by atoms with van der Waals surface area (Å²) >= 11 is 0. The number of pyridine rings is 1. The van der Waals surface area contributed by atoms with Crippen LogP contribution in [0.5, 0.6) is 0 Å². The molecule has 0 aliphatic carbocycles. The Kier molecular flexibility index (Phi) is 4.76. The van der Waals surface area contributed by atoms with Gasteiger partial charge in [0.15, 0.2) is 0 Å². The van der Waals surface area contributed by atoms with Crippen LogP contribution in [0.25, 0.3) is 0 Å². The van der Waals surface area contributed by atoms with Gasteiger partial charge in [-0.25, -0.2) is 4.98 Å². The molecule has 0 bridgehead atoms. The molecule has 0 aromatic carbocycles. The number of rotatable bonds is 4. The van der Waals surface area contributed by atoms with Crippen molar-refractivity contribution in [3.05, 3.63) is 48.3 Å². The summed E-state index contributed by atoms with van der Waals surface area (Å²) in [7, 11) is 0. The number of imidazole rings is 1. The number of carbonyl (C=O) groups excluding carboxylic acids is 1. The SMILES string of the molecule is O=C(NCc1cccnc1)[C@@H]1CN(C2CCOCC2)Cc2cncn21. The van der Waals surface area contributed by atoms with Crippen molar-refractivity contribution in [2.75, 3.05) is 19.8 Å². The number of ether oxygens (including phenoxy) is 1. The van der Waals surface area contributed by atoms with E-state index in [0.717, 1.165) is 43.9 Å². The van der Waals surface area contributed by atoms with E-state index in [1.807, 2.05) is 22.9 Å². The van der Waals surface area contributed by atoms with Gasteiger partial charge in [0.2, 0.25) is 5.91 Å². The molecule has 2 aromatic heterocycles. The number of hydrogen-bond acceptors (Lipinski definition) is 5. The number of nitrogens with one attached hydrogen (secondary N) is 1. The van der Waals surface area contributed by atoms with E-state index in [1.165, 1.54) is 0 Å². The van der Waals surface area contributed by atoms with Crippen LogP contribution in [0.3, 0.4) is 0 Å². The normalized spacial score (nSPS) is 21.7. The van der Waals surface area contributed by atoms with E-state index < -0.39 is 0 Å². The molecular formula is C18H23N5O2. The van der Waals surface area contributed by atoms with Crippen molar-refractivity contribution in [3.8, 4) is 0 Å². The molecule has 1 amide bonds. The molecule has 132 valence electrons. The van der Waals surface area contributed by atoms with E-state index >= 15 is 0 Å². The van der Waals surface area contributed by atoms with E-state index in [0.29, 0.717) is 19.1 Å². The van der Waals surface area contributed by atoms with Gasteiger partial charge >= 0.3 is 0 Å². The summed E-state index contributed by atoms with van der Waals surface area (Å²) in [6.07, 6.45) is 9.20. The predicted molar refractivity (Wildman–Crippen MR) is 91.6 cm³/mol. The minimum Gasteiger partial charge on any atom is -0.381 e. The molecule has 1 N–H and O–H groups in total. The fraction of sp³-hybridized carbons (Fsp3) is 0.500. The van der Waals surface area contributed by atoms with Crippen molar-refractivity contribution in [1.82, 2.24) is 24.8 Å². The van der Waals surface area contributed by atoms with Crippen LogP contribution in [0.1, 0.15) is 30.1 Å². The fourth-order valence-electron chi connectivity index (χ4n) is 3.67. The van der Waals surface area contributed by atoms with Gasteiger partial charge in [-0.1, -0.05) is 6.07 Å². The molecule has 2 aromatic rings. The first-order chi connectivity index (χ1) is 12.3. The second kappa shape index (κ2) is 7.33. The Hall–Kier alpha value is -2.25. The maximum Gasteiger partial charge on any atom is 0.244 e. The highest BCUT2D eigenvalue weighted by molar-refractivity contribution is 5.80. The van der Waals surface area contributed by atoms with Crippen LogP contribution in [-0.4, -0.2) is 51.1 Å². The molecule has 0 spiro atoms. The third-order valence-corrected chi connectivity index (χ3v) is 5.05. The van der Waals surface area contributed by atoms with Crippen molar-refractivity contribution in [1.29, 1.82) is 0 Å². The van der Waals surface area contributed by atoms with E-state index in [1.54, 1.807) is 18.7 Å². The molecular weight excluding hydrogens is 318 g/mol. The highest BCUT2D eigenvalue weighted by Gasteiger charge is 2.33. The number of fused-ring (bicyclic) bond motifs is 1. The lowest BCUT2D eigenvalue weighted by Gasteiger charge is -2.40. The molecule has 4 rings (SSSR count). The van der Waals surface area contributed by atoms with Crippen molar-refractivity contribution in [2.24, 2.45) is 0 Å². The third-order valence-electron chi connectivity index (χ3n) is 5.05. The monoisotopic (exact) mass is 341 g/mol. The number of hydrogen-bond donors (Lipinski definition) is 1. The highest BCUT2D eigenvalue weighted by Crippen LogP contribution is 2.26. The molecule has 1 fully saturated rings. The summed E-state index contributed by atoms with van der Waals surface area (Å²) in [5.74, 6) is 0.0277. The quantitative estimate of drug-likeness (QED) is 0.903. The molecule has 0 radical (unpaired) electrons. The first-order valence-electron chi connectivity index (χ1n) is 8.80. The second-order valence-electron chi connectivity index (χ2n) is 6.66. The molecule has 4 heterocycles. The average Bonchev–Trinajstić information content (AvgIpc) is 3.15. The summed E-state index contributed by atoms with van der Waals surface area (Å²) in [5.41, 5.74) is 2.10. The van der Waals surface area contributed by atoms with E-state index in [4.69, 9.17) is 4.74 Å². The van der Waals surface area contributed by atoms with E-state index in [2.05, 4.69) is 20.2 Å². The van der Waals surface area contributed by atoms with Gasteiger partial charge < -0.3 is 14.6 Å². The number of aromatic nitrogens is 3. The third kappa shape index (κ3) is 3.57. The van der Waals surface area contributed by atoms with Crippen LogP contribution in [0.2, 0.25) is 0 Å². The summed E-state index contributed by atoms with van der Waals surface area (Å²) < 4.78 is 7.49. The van der Waals surface area contributed by atoms with Gasteiger partial charge in [-0.15, -0.1) is 0 Å². The molecule has 7 heteroatoms. The maximum atomic E-state index is 12.8. The molecule has 0 saturated carbocycles. The topological polar surface area (TPSA) is 72.3 Å². The van der Waals surface area contributed by atoms with Crippen LogP contribution in [0, 0.1) is 0 Å². The second-order valence-corrected chi connectivity index (χ2v) is 6.66. The first-order valence-corrected chi connectivity index (χ1v) is 8.80. The van der Waals surface area contributed by atoms with Gasteiger partial charge in [0.05, 0.1) is 12.0 Å².